The molecule has 4 aromatic carbocycles. The normalized spacial score (nSPS) is 14.1. The van der Waals surface area contributed by atoms with E-state index in [1.54, 1.807) is 0 Å². The number of hydrogen-bond donors (Lipinski definition) is 0. The summed E-state index contributed by atoms with van der Waals surface area (Å²) in [6.45, 7) is 0. The summed E-state index contributed by atoms with van der Waals surface area (Å²) in [5.41, 5.74) is -30.2. The smallest absolute Gasteiger partial charge is 0.194 e. The Bertz CT molecular complexity index is 1700. The SMILES string of the molecule is FC(F)(F)c1cc([B-](c2cc(C(F)(F)F)cc(C(F)(F)F)c2)(c2cc(C(F)(F)F)cc(C(F)(F)F)c2)c2cc(C(F)(F)F)cc(C(F)(F)F)c2)cc(C(F)(F)F)c1.[SiH3+]. The van der Waals surface area contributed by atoms with Crippen molar-refractivity contribution in [2.75, 3.05) is 0 Å². The van der Waals surface area contributed by atoms with E-state index in [0.29, 0.717) is 0 Å². The van der Waals surface area contributed by atoms with Crippen LogP contribution in [0.15, 0.2) is 72.8 Å². The zero-order valence-electron chi connectivity index (χ0n) is 27.6. The first-order valence-corrected chi connectivity index (χ1v) is 14.6. The molecule has 0 saturated heterocycles. The molecule has 0 heterocycles. The minimum absolute atomic E-state index is 0. The fourth-order valence-electron chi connectivity index (χ4n) is 6.07. The van der Waals surface area contributed by atoms with E-state index in [2.05, 4.69) is 0 Å². The summed E-state index contributed by atoms with van der Waals surface area (Å²) in [4.78, 5) is 0. The first kappa shape index (κ1) is 47.9. The zero-order valence-corrected chi connectivity index (χ0v) is 29.6. The van der Waals surface area contributed by atoms with Crippen LogP contribution in [-0.4, -0.2) is 17.1 Å². The molecular formula is C32H15BF24Si. The highest BCUT2D eigenvalue weighted by atomic mass is 28.1. The molecule has 0 atom stereocenters. The average molecular weight is 894 g/mol. The molecule has 58 heavy (non-hydrogen) atoms. The molecule has 0 nitrogen and oxygen atoms in total. The van der Waals surface area contributed by atoms with Gasteiger partial charge in [0.2, 0.25) is 0 Å². The van der Waals surface area contributed by atoms with E-state index in [4.69, 9.17) is 0 Å². The van der Waals surface area contributed by atoms with Gasteiger partial charge in [-0.2, -0.15) is 127 Å². The van der Waals surface area contributed by atoms with Crippen molar-refractivity contribution in [3.63, 3.8) is 0 Å². The fourth-order valence-corrected chi connectivity index (χ4v) is 6.07. The number of alkyl halides is 24. The van der Waals surface area contributed by atoms with Crippen molar-refractivity contribution >= 4 is 39.0 Å². The molecule has 318 valence electrons. The van der Waals surface area contributed by atoms with E-state index < -0.39 is 195 Å². The summed E-state index contributed by atoms with van der Waals surface area (Å²) in [5.74, 6) is 0. The maximum absolute atomic E-state index is 14.2. The third-order valence-corrected chi connectivity index (χ3v) is 8.44. The molecule has 0 saturated carbocycles. The second kappa shape index (κ2) is 14.6. The van der Waals surface area contributed by atoms with Gasteiger partial charge in [-0.25, -0.2) is 0 Å². The monoisotopic (exact) mass is 894 g/mol. The number of hydrogen-bond acceptors (Lipinski definition) is 0. The van der Waals surface area contributed by atoms with E-state index in [9.17, 15) is 105 Å². The van der Waals surface area contributed by atoms with Crippen LogP contribution < -0.4 is 21.9 Å². The largest absolute Gasteiger partial charge is 0.416 e. The Morgan fingerprint density at radius 3 is 0.397 bits per heavy atom. The van der Waals surface area contributed by atoms with E-state index in [1.165, 1.54) is 0 Å². The van der Waals surface area contributed by atoms with Crippen LogP contribution in [0.5, 0.6) is 0 Å². The lowest BCUT2D eigenvalue weighted by atomic mass is 9.12. The third-order valence-electron chi connectivity index (χ3n) is 8.44. The molecule has 0 N–H and O–H groups in total. The lowest BCUT2D eigenvalue weighted by Crippen LogP contribution is -2.75. The lowest BCUT2D eigenvalue weighted by Gasteiger charge is -2.46. The molecular weight excluding hydrogens is 879 g/mol. The number of rotatable bonds is 4. The maximum Gasteiger partial charge on any atom is 0.416 e. The highest BCUT2D eigenvalue weighted by Gasteiger charge is 2.47. The molecule has 0 fully saturated rings. The molecule has 0 aromatic heterocycles. The van der Waals surface area contributed by atoms with Crippen molar-refractivity contribution in [2.24, 2.45) is 0 Å². The molecule has 0 aliphatic rings. The van der Waals surface area contributed by atoms with Crippen molar-refractivity contribution in [3.8, 4) is 0 Å². The van der Waals surface area contributed by atoms with Gasteiger partial charge in [0.25, 0.3) is 11.0 Å². The zero-order chi connectivity index (χ0) is 43.9. The van der Waals surface area contributed by atoms with Crippen molar-refractivity contribution in [3.05, 3.63) is 117 Å². The van der Waals surface area contributed by atoms with Gasteiger partial charge in [0.05, 0.1) is 44.5 Å². The van der Waals surface area contributed by atoms with E-state index in [1.807, 2.05) is 0 Å². The molecule has 0 radical (unpaired) electrons. The predicted molar refractivity (Wildman–Crippen MR) is 160 cm³/mol. The second-order valence-electron chi connectivity index (χ2n) is 12.2. The van der Waals surface area contributed by atoms with Crippen molar-refractivity contribution in [1.29, 1.82) is 0 Å². The quantitative estimate of drug-likeness (QED) is 0.142. The Kier molecular flexibility index (Phi) is 12.1. The highest BCUT2D eigenvalue weighted by molar-refractivity contribution is 7.20. The molecule has 0 unspecified atom stereocenters. The maximum atomic E-state index is 14.2. The Morgan fingerprint density at radius 1 is 0.207 bits per heavy atom. The topological polar surface area (TPSA) is 0 Å². The van der Waals surface area contributed by atoms with Crippen LogP contribution in [0.1, 0.15) is 44.5 Å². The van der Waals surface area contributed by atoms with Gasteiger partial charge in [-0.3, -0.25) is 0 Å². The van der Waals surface area contributed by atoms with Crippen LogP contribution in [0, 0.1) is 0 Å². The van der Waals surface area contributed by atoms with E-state index >= 15 is 0 Å². The van der Waals surface area contributed by atoms with Gasteiger partial charge < -0.3 is 0 Å². The van der Waals surface area contributed by atoms with Crippen LogP contribution in [-0.2, 0) is 49.4 Å². The first-order chi connectivity index (χ1) is 25.3. The lowest BCUT2D eigenvalue weighted by molar-refractivity contribution is -0.144. The van der Waals surface area contributed by atoms with E-state index in [-0.39, 0.29) is 11.0 Å². The van der Waals surface area contributed by atoms with Gasteiger partial charge >= 0.3 is 49.4 Å². The highest BCUT2D eigenvalue weighted by Crippen LogP contribution is 2.41. The van der Waals surface area contributed by atoms with Crippen LogP contribution in [0.25, 0.3) is 0 Å². The molecule has 0 spiro atoms. The predicted octanol–water partition coefficient (Wildman–Crippen LogP) is 10.0. The summed E-state index contributed by atoms with van der Waals surface area (Å²) in [6.07, 6.45) is -54.8. The molecule has 0 bridgehead atoms. The van der Waals surface area contributed by atoms with Gasteiger partial charge in [-0.05, 0) is 24.3 Å². The van der Waals surface area contributed by atoms with Crippen LogP contribution >= 0.6 is 0 Å². The average Bonchev–Trinajstić information content (AvgIpc) is 3.01. The Balaban J connectivity index is 0.00000900. The minimum Gasteiger partial charge on any atom is -0.194 e. The Hall–Kier alpha value is -4.52. The van der Waals surface area contributed by atoms with Crippen LogP contribution in [0.2, 0.25) is 0 Å². The Morgan fingerprint density at radius 2 is 0.310 bits per heavy atom. The molecule has 4 aromatic rings. The van der Waals surface area contributed by atoms with Crippen LogP contribution in [0.3, 0.4) is 0 Å². The summed E-state index contributed by atoms with van der Waals surface area (Å²) >= 11 is 0. The van der Waals surface area contributed by atoms with Gasteiger partial charge in [-0.15, -0.1) is 0 Å². The molecule has 26 heteroatoms. The molecule has 0 amide bonds. The summed E-state index contributed by atoms with van der Waals surface area (Å²) in [5, 5.41) is 0. The third kappa shape index (κ3) is 9.84. The van der Waals surface area contributed by atoms with Crippen LogP contribution in [0.4, 0.5) is 105 Å². The van der Waals surface area contributed by atoms with Crippen molar-refractivity contribution < 1.29 is 105 Å². The molecule has 4 rings (SSSR count). The number of halogens is 24. The van der Waals surface area contributed by atoms with Gasteiger partial charge in [0.1, 0.15) is 6.15 Å². The van der Waals surface area contributed by atoms with Gasteiger partial charge in [0.15, 0.2) is 0 Å². The minimum atomic E-state index is -6.13. The molecule has 0 aliphatic carbocycles. The number of benzene rings is 4. The summed E-state index contributed by atoms with van der Waals surface area (Å²) < 4.78 is 341. The van der Waals surface area contributed by atoms with Gasteiger partial charge in [0, 0.05) is 0 Å². The summed E-state index contributed by atoms with van der Waals surface area (Å²) in [6, 6.07) is -8.81. The first-order valence-electron chi connectivity index (χ1n) is 14.6. The van der Waals surface area contributed by atoms with Gasteiger partial charge in [-0.1, -0.05) is 48.5 Å². The Labute approximate surface area is 311 Å². The van der Waals surface area contributed by atoms with Crippen molar-refractivity contribution in [2.45, 2.75) is 49.4 Å². The van der Waals surface area contributed by atoms with Crippen molar-refractivity contribution in [1.82, 2.24) is 0 Å². The fraction of sp³-hybridized carbons (Fsp3) is 0.250. The van der Waals surface area contributed by atoms with E-state index in [0.717, 1.165) is 0 Å². The molecule has 0 aliphatic heterocycles. The summed E-state index contributed by atoms with van der Waals surface area (Å²) in [7, 11) is 0. The second-order valence-corrected chi connectivity index (χ2v) is 12.2. The standard InChI is InChI=1S/C32H12BF24.H3Si/c34-25(35,36)13-1-14(26(37,38)39)6-21(5-13)33(22-7-15(27(40,41)42)2-16(8-22)28(43,44)45,23-9-17(29(46,47)48)3-18(10-23)30(49,50)51)24-11-19(31(52,53)54)4-20(12-24)32(55,56)57;/h1-12H;1H3/q-1;+1.